The van der Waals surface area contributed by atoms with Crippen LogP contribution in [0.1, 0.15) is 35.2 Å². The minimum absolute atomic E-state index is 0.0147. The molecule has 0 radical (unpaired) electrons. The first-order chi connectivity index (χ1) is 15.9. The number of likely N-dealkylation sites (tertiary alicyclic amines) is 1. The van der Waals surface area contributed by atoms with Gasteiger partial charge in [-0.05, 0) is 48.4 Å². The number of hydrogen-bond donors (Lipinski definition) is 1. The van der Waals surface area contributed by atoms with Gasteiger partial charge in [0.05, 0.1) is 11.6 Å². The van der Waals surface area contributed by atoms with Gasteiger partial charge in [-0.3, -0.25) is 14.6 Å². The molecule has 1 saturated heterocycles. The van der Waals surface area contributed by atoms with Crippen LogP contribution in [0, 0.1) is 5.82 Å². The lowest BCUT2D eigenvalue weighted by Crippen LogP contribution is -2.29. The maximum Gasteiger partial charge on any atom is 0.295 e. The SMILES string of the molecule is CC1Cc2cc(C(O)=C3C(=O)C(=O)N(Cc4cccnc4)C3c3ccccc3F)ccc2O1. The van der Waals surface area contributed by atoms with Crippen molar-refractivity contribution in [2.75, 3.05) is 0 Å². The van der Waals surface area contributed by atoms with E-state index < -0.39 is 23.5 Å². The van der Waals surface area contributed by atoms with Crippen molar-refractivity contribution < 1.29 is 23.8 Å². The van der Waals surface area contributed by atoms with Gasteiger partial charge in [0.1, 0.15) is 23.4 Å². The molecule has 33 heavy (non-hydrogen) atoms. The molecule has 1 amide bonds. The summed E-state index contributed by atoms with van der Waals surface area (Å²) >= 11 is 0. The van der Waals surface area contributed by atoms with Crippen LogP contribution in [0.4, 0.5) is 4.39 Å². The summed E-state index contributed by atoms with van der Waals surface area (Å²) in [6.07, 6.45) is 3.87. The predicted octanol–water partition coefficient (Wildman–Crippen LogP) is 4.17. The van der Waals surface area contributed by atoms with E-state index in [0.717, 1.165) is 11.3 Å². The van der Waals surface area contributed by atoms with E-state index in [-0.39, 0.29) is 29.5 Å². The fourth-order valence-electron chi connectivity index (χ4n) is 4.48. The lowest BCUT2D eigenvalue weighted by Gasteiger charge is -2.25. The number of benzene rings is 2. The van der Waals surface area contributed by atoms with Gasteiger partial charge < -0.3 is 14.7 Å². The van der Waals surface area contributed by atoms with Crippen molar-refractivity contribution in [3.8, 4) is 5.75 Å². The summed E-state index contributed by atoms with van der Waals surface area (Å²) in [5, 5.41) is 11.2. The van der Waals surface area contributed by atoms with Crippen LogP contribution >= 0.6 is 0 Å². The lowest BCUT2D eigenvalue weighted by atomic mass is 9.94. The van der Waals surface area contributed by atoms with Crippen molar-refractivity contribution in [1.82, 2.24) is 9.88 Å². The van der Waals surface area contributed by atoms with Gasteiger partial charge in [0.2, 0.25) is 0 Å². The van der Waals surface area contributed by atoms with Gasteiger partial charge in [0.15, 0.2) is 0 Å². The third-order valence-corrected chi connectivity index (χ3v) is 5.98. The number of hydrogen-bond acceptors (Lipinski definition) is 5. The van der Waals surface area contributed by atoms with Gasteiger partial charge in [0.25, 0.3) is 11.7 Å². The fourth-order valence-corrected chi connectivity index (χ4v) is 4.48. The van der Waals surface area contributed by atoms with Crippen LogP contribution in [0.15, 0.2) is 72.6 Å². The second kappa shape index (κ2) is 8.16. The Balaban J connectivity index is 1.65. The molecule has 6 nitrogen and oxygen atoms in total. The van der Waals surface area contributed by atoms with Gasteiger partial charge >= 0.3 is 0 Å². The Kier molecular flexibility index (Phi) is 5.17. The highest BCUT2D eigenvalue weighted by Crippen LogP contribution is 2.42. The number of halogens is 1. The van der Waals surface area contributed by atoms with E-state index in [9.17, 15) is 19.1 Å². The van der Waals surface area contributed by atoms with Crippen molar-refractivity contribution in [2.45, 2.75) is 32.0 Å². The van der Waals surface area contributed by atoms with Crippen LogP contribution in [-0.4, -0.2) is 32.8 Å². The summed E-state index contributed by atoms with van der Waals surface area (Å²) in [5.41, 5.74) is 1.97. The van der Waals surface area contributed by atoms with Crippen LogP contribution in [0.3, 0.4) is 0 Å². The third kappa shape index (κ3) is 3.65. The molecule has 2 unspecified atom stereocenters. The number of aliphatic hydroxyl groups is 1. The van der Waals surface area contributed by atoms with E-state index in [2.05, 4.69) is 4.98 Å². The molecule has 3 aromatic rings. The zero-order chi connectivity index (χ0) is 23.1. The average Bonchev–Trinajstić information content (AvgIpc) is 3.31. The molecule has 1 fully saturated rings. The smallest absolute Gasteiger partial charge is 0.295 e. The highest BCUT2D eigenvalue weighted by atomic mass is 19.1. The zero-order valence-corrected chi connectivity index (χ0v) is 17.9. The minimum atomic E-state index is -1.07. The summed E-state index contributed by atoms with van der Waals surface area (Å²) in [7, 11) is 0. The summed E-state index contributed by atoms with van der Waals surface area (Å²) in [5.74, 6) is -1.83. The Morgan fingerprint density at radius 2 is 2.00 bits per heavy atom. The Labute approximate surface area is 190 Å². The number of Topliss-reactive ketones (excluding diaryl/α,β-unsaturated/α-hetero) is 1. The zero-order valence-electron chi connectivity index (χ0n) is 17.9. The number of ether oxygens (including phenoxy) is 1. The fraction of sp³-hybridized carbons (Fsp3) is 0.192. The molecule has 2 aromatic carbocycles. The molecule has 2 atom stereocenters. The number of carbonyl (C=O) groups is 2. The molecule has 7 heteroatoms. The molecule has 1 aromatic heterocycles. The summed E-state index contributed by atoms with van der Waals surface area (Å²) < 4.78 is 20.6. The van der Waals surface area contributed by atoms with Crippen molar-refractivity contribution in [2.24, 2.45) is 0 Å². The van der Waals surface area contributed by atoms with Gasteiger partial charge in [-0.25, -0.2) is 4.39 Å². The number of fused-ring (bicyclic) bond motifs is 1. The number of nitrogens with zero attached hydrogens (tertiary/aromatic N) is 2. The minimum Gasteiger partial charge on any atom is -0.507 e. The number of carbonyl (C=O) groups excluding carboxylic acids is 2. The highest BCUT2D eigenvalue weighted by Gasteiger charge is 2.47. The standard InChI is InChI=1S/C26H21FN2O4/c1-15-11-18-12-17(8-9-21(18)33-15)24(30)22-23(19-6-2-3-7-20(19)27)29(26(32)25(22)31)14-16-5-4-10-28-13-16/h2-10,12-13,15,23,30H,11,14H2,1H3. The number of ketones is 1. The first-order valence-corrected chi connectivity index (χ1v) is 10.7. The van der Waals surface area contributed by atoms with Crippen molar-refractivity contribution >= 4 is 17.4 Å². The van der Waals surface area contributed by atoms with Gasteiger partial charge in [-0.2, -0.15) is 0 Å². The summed E-state index contributed by atoms with van der Waals surface area (Å²) in [6.45, 7) is 1.99. The molecule has 2 aliphatic heterocycles. The molecule has 166 valence electrons. The highest BCUT2D eigenvalue weighted by molar-refractivity contribution is 6.46. The molecule has 0 spiro atoms. The molecule has 0 aliphatic carbocycles. The molecular formula is C26H21FN2O4. The van der Waals surface area contributed by atoms with Crippen LogP contribution in [0.5, 0.6) is 5.75 Å². The monoisotopic (exact) mass is 444 g/mol. The van der Waals surface area contributed by atoms with E-state index in [1.807, 2.05) is 6.92 Å². The molecule has 2 aliphatic rings. The van der Waals surface area contributed by atoms with E-state index in [1.165, 1.54) is 23.1 Å². The van der Waals surface area contributed by atoms with Gasteiger partial charge in [-0.15, -0.1) is 0 Å². The molecule has 1 N–H and O–H groups in total. The Morgan fingerprint density at radius 3 is 2.76 bits per heavy atom. The van der Waals surface area contributed by atoms with Crippen LogP contribution in [0.2, 0.25) is 0 Å². The van der Waals surface area contributed by atoms with Crippen molar-refractivity contribution in [3.63, 3.8) is 0 Å². The van der Waals surface area contributed by atoms with E-state index >= 15 is 0 Å². The lowest BCUT2D eigenvalue weighted by molar-refractivity contribution is -0.140. The third-order valence-electron chi connectivity index (χ3n) is 5.98. The maximum absolute atomic E-state index is 14.9. The summed E-state index contributed by atoms with van der Waals surface area (Å²) in [6, 6.07) is 13.5. The average molecular weight is 444 g/mol. The number of aliphatic hydroxyl groups excluding tert-OH is 1. The normalized spacial score (nSPS) is 21.2. The largest absolute Gasteiger partial charge is 0.507 e. The number of pyridine rings is 1. The Bertz CT molecular complexity index is 1290. The van der Waals surface area contributed by atoms with E-state index in [1.54, 1.807) is 48.8 Å². The number of aromatic nitrogens is 1. The second-order valence-corrected chi connectivity index (χ2v) is 8.26. The van der Waals surface area contributed by atoms with Gasteiger partial charge in [-0.1, -0.05) is 24.3 Å². The van der Waals surface area contributed by atoms with E-state index in [0.29, 0.717) is 17.5 Å². The summed E-state index contributed by atoms with van der Waals surface area (Å²) in [4.78, 5) is 31.5. The molecular weight excluding hydrogens is 423 g/mol. The van der Waals surface area contributed by atoms with E-state index in [4.69, 9.17) is 4.74 Å². The van der Waals surface area contributed by atoms with Gasteiger partial charge in [0, 0.05) is 36.5 Å². The topological polar surface area (TPSA) is 79.7 Å². The first kappa shape index (κ1) is 20.9. The molecule has 3 heterocycles. The number of amides is 1. The van der Waals surface area contributed by atoms with Crippen LogP contribution in [-0.2, 0) is 22.6 Å². The Hall–Kier alpha value is -4.00. The number of rotatable bonds is 4. The van der Waals surface area contributed by atoms with Crippen LogP contribution in [0.25, 0.3) is 5.76 Å². The molecule has 0 saturated carbocycles. The maximum atomic E-state index is 14.9. The van der Waals surface area contributed by atoms with Crippen molar-refractivity contribution in [1.29, 1.82) is 0 Å². The molecule has 0 bridgehead atoms. The predicted molar refractivity (Wildman–Crippen MR) is 119 cm³/mol. The Morgan fingerprint density at radius 1 is 1.18 bits per heavy atom. The second-order valence-electron chi connectivity index (χ2n) is 8.26. The van der Waals surface area contributed by atoms with Crippen LogP contribution < -0.4 is 4.74 Å². The first-order valence-electron chi connectivity index (χ1n) is 10.7. The van der Waals surface area contributed by atoms with Crippen molar-refractivity contribution in [3.05, 3.63) is 101 Å². The quantitative estimate of drug-likeness (QED) is 0.371. The molecule has 5 rings (SSSR count).